The summed E-state index contributed by atoms with van der Waals surface area (Å²) in [6.07, 6.45) is 22.3. The topological polar surface area (TPSA) is 0 Å². The Hall–Kier alpha value is 0.631. The van der Waals surface area contributed by atoms with Crippen LogP contribution in [0.4, 0.5) is 0 Å². The van der Waals surface area contributed by atoms with E-state index < -0.39 is 0 Å². The molecule has 0 heterocycles. The fourth-order valence-electron chi connectivity index (χ4n) is 4.59. The minimum atomic E-state index is -0.254. The Labute approximate surface area is 196 Å². The predicted molar refractivity (Wildman–Crippen MR) is 101 cm³/mol. The first-order valence-electron chi connectivity index (χ1n) is 9.39. The first kappa shape index (κ1) is 28.8. The third-order valence-electron chi connectivity index (χ3n) is 5.71. The zero-order chi connectivity index (χ0) is 15.3. The molecular formula is C21H31Cl3SiTi. The van der Waals surface area contributed by atoms with Crippen molar-refractivity contribution in [3.63, 3.8) is 0 Å². The Balaban J connectivity index is 0. The van der Waals surface area contributed by atoms with Crippen LogP contribution in [0, 0.1) is 5.92 Å². The van der Waals surface area contributed by atoms with E-state index in [2.05, 4.69) is 49.4 Å². The van der Waals surface area contributed by atoms with Crippen LogP contribution in [0.1, 0.15) is 63.9 Å². The van der Waals surface area contributed by atoms with Crippen molar-refractivity contribution in [1.29, 1.82) is 0 Å². The maximum absolute atomic E-state index is 2.59. The predicted octanol–water partition coefficient (Wildman–Crippen LogP) is -4.19. The van der Waals surface area contributed by atoms with E-state index in [1.54, 1.807) is 10.8 Å². The molecule has 1 aromatic carbocycles. The van der Waals surface area contributed by atoms with Crippen LogP contribution < -0.4 is 42.4 Å². The minimum absolute atomic E-state index is 0. The molecule has 2 aliphatic carbocycles. The van der Waals surface area contributed by atoms with E-state index in [1.807, 2.05) is 0 Å². The van der Waals surface area contributed by atoms with E-state index in [-0.39, 0.29) is 68.5 Å². The Morgan fingerprint density at radius 3 is 2.46 bits per heavy atom. The van der Waals surface area contributed by atoms with Crippen LogP contribution in [0.3, 0.4) is 0 Å². The van der Waals surface area contributed by atoms with Gasteiger partial charge in [0.05, 0.1) is 0 Å². The molecule has 0 nitrogen and oxygen atoms in total. The fraction of sp³-hybridized carbons (Fsp3) is 0.571. The summed E-state index contributed by atoms with van der Waals surface area (Å²) in [6, 6.07) is 7.11. The monoisotopic (exact) mass is 464 g/mol. The normalized spacial score (nSPS) is 22.2. The fourth-order valence-corrected chi connectivity index (χ4v) is 7.24. The van der Waals surface area contributed by atoms with E-state index >= 15 is 0 Å². The van der Waals surface area contributed by atoms with Crippen LogP contribution in [0.15, 0.2) is 42.5 Å². The molecule has 0 saturated heterocycles. The molecule has 0 aliphatic heterocycles. The summed E-state index contributed by atoms with van der Waals surface area (Å²) >= 11 is 0. The Morgan fingerprint density at radius 1 is 1.12 bits per heavy atom. The van der Waals surface area contributed by atoms with Crippen LogP contribution in [-0.2, 0) is 28.1 Å². The van der Waals surface area contributed by atoms with Gasteiger partial charge in [-0.1, -0.05) is 76.2 Å². The number of hydrogen-bond donors (Lipinski definition) is 0. The maximum Gasteiger partial charge on any atom is 4.00 e. The number of halogens is 3. The molecule has 1 unspecified atom stereocenters. The molecule has 5 heteroatoms. The van der Waals surface area contributed by atoms with Gasteiger partial charge in [-0.25, -0.2) is 12.1 Å². The molecule has 0 amide bonds. The molecule has 2 aliphatic rings. The Morgan fingerprint density at radius 2 is 1.85 bits per heavy atom. The van der Waals surface area contributed by atoms with Crippen molar-refractivity contribution in [2.75, 3.05) is 0 Å². The molecule has 1 atom stereocenters. The summed E-state index contributed by atoms with van der Waals surface area (Å²) in [5.41, 5.74) is 1.65. The van der Waals surface area contributed by atoms with Gasteiger partial charge in [-0.05, 0) is 23.8 Å². The SMILES string of the molecule is CCCc1ccc[c-]1[SiH2]C1(CC2CCCCC2)C=CC=CC1.[Cl-].[Cl-].[Cl-].[Ti+4]. The molecule has 0 spiro atoms. The van der Waals surface area contributed by atoms with Crippen molar-refractivity contribution in [3.8, 4) is 0 Å². The van der Waals surface area contributed by atoms with Crippen molar-refractivity contribution < 1.29 is 58.9 Å². The van der Waals surface area contributed by atoms with Gasteiger partial charge in [-0.15, -0.1) is 0 Å². The number of allylic oxidation sites excluding steroid dienone is 4. The third kappa shape index (κ3) is 7.94. The molecule has 3 rings (SSSR count). The van der Waals surface area contributed by atoms with Crippen LogP contribution in [0.5, 0.6) is 0 Å². The third-order valence-corrected chi connectivity index (χ3v) is 8.30. The van der Waals surface area contributed by atoms with Gasteiger partial charge in [0.25, 0.3) is 0 Å². The maximum atomic E-state index is 2.59. The molecular weight excluding hydrogens is 435 g/mol. The van der Waals surface area contributed by atoms with E-state index in [0.29, 0.717) is 5.04 Å². The van der Waals surface area contributed by atoms with Crippen molar-refractivity contribution >= 4 is 14.7 Å². The number of rotatable bonds is 6. The summed E-state index contributed by atoms with van der Waals surface area (Å²) < 4.78 is 0. The smallest absolute Gasteiger partial charge is 1.00 e. The van der Waals surface area contributed by atoms with Crippen molar-refractivity contribution in [3.05, 3.63) is 48.1 Å². The van der Waals surface area contributed by atoms with E-state index in [0.717, 1.165) is 5.92 Å². The molecule has 144 valence electrons. The molecule has 26 heavy (non-hydrogen) atoms. The van der Waals surface area contributed by atoms with Crippen LogP contribution in [0.2, 0.25) is 5.04 Å². The van der Waals surface area contributed by atoms with Crippen LogP contribution >= 0.6 is 0 Å². The van der Waals surface area contributed by atoms with Crippen molar-refractivity contribution in [2.45, 2.75) is 69.7 Å². The summed E-state index contributed by atoms with van der Waals surface area (Å²) in [6.45, 7) is 2.30. The van der Waals surface area contributed by atoms with E-state index in [1.165, 1.54) is 57.8 Å². The Kier molecular flexibility index (Phi) is 16.2. The second-order valence-corrected chi connectivity index (χ2v) is 10.1. The van der Waals surface area contributed by atoms with Gasteiger partial charge in [0, 0.05) is 9.52 Å². The van der Waals surface area contributed by atoms with Gasteiger partial charge >= 0.3 is 21.7 Å². The summed E-state index contributed by atoms with van der Waals surface area (Å²) in [4.78, 5) is 0. The molecule has 1 aromatic rings. The van der Waals surface area contributed by atoms with Gasteiger partial charge in [-0.2, -0.15) is 16.8 Å². The Bertz CT molecular complexity index is 535. The van der Waals surface area contributed by atoms with Gasteiger partial charge in [-0.3, -0.25) is 0 Å². The van der Waals surface area contributed by atoms with Crippen LogP contribution in [0.25, 0.3) is 0 Å². The van der Waals surface area contributed by atoms with Gasteiger partial charge in [0.2, 0.25) is 0 Å². The van der Waals surface area contributed by atoms with E-state index in [4.69, 9.17) is 0 Å². The average molecular weight is 466 g/mol. The first-order valence-corrected chi connectivity index (χ1v) is 10.8. The zero-order valence-corrected chi connectivity index (χ0v) is 21.1. The molecule has 0 bridgehead atoms. The molecule has 1 fully saturated rings. The largest absolute Gasteiger partial charge is 4.00 e. The summed E-state index contributed by atoms with van der Waals surface area (Å²) in [5, 5.41) is 2.27. The second kappa shape index (κ2) is 14.6. The quantitative estimate of drug-likeness (QED) is 0.295. The molecule has 1 saturated carbocycles. The minimum Gasteiger partial charge on any atom is -1.00 e. The van der Waals surface area contributed by atoms with E-state index in [9.17, 15) is 0 Å². The summed E-state index contributed by atoms with van der Waals surface area (Å²) in [5.74, 6) is 0.988. The molecule has 0 aromatic heterocycles. The summed E-state index contributed by atoms with van der Waals surface area (Å²) in [7, 11) is -0.254. The average Bonchev–Trinajstić information content (AvgIpc) is 2.96. The standard InChI is InChI=1S/C21H31Si.3ClH.Ti/c1-2-10-19-13-9-14-20(19)22-21(15-7-4-8-16-21)17-18-11-5-3-6-12-18;;;;/h4,7-9,13-15,18H,2-3,5-6,10-12,16-17,22H2,1H3;3*1H;/q-1;;;;+4/p-3. The zero-order valence-electron chi connectivity index (χ0n) is 15.8. The van der Waals surface area contributed by atoms with Gasteiger partial charge < -0.3 is 37.2 Å². The second-order valence-electron chi connectivity index (χ2n) is 7.56. The van der Waals surface area contributed by atoms with Crippen LogP contribution in [-0.4, -0.2) is 9.52 Å². The van der Waals surface area contributed by atoms with Crippen molar-refractivity contribution in [1.82, 2.24) is 0 Å². The van der Waals surface area contributed by atoms with Gasteiger partial charge in [0.15, 0.2) is 0 Å². The number of hydrogen-bond acceptors (Lipinski definition) is 0. The molecule has 0 N–H and O–H groups in total. The molecule has 0 radical (unpaired) electrons. The van der Waals surface area contributed by atoms with Gasteiger partial charge in [0.1, 0.15) is 0 Å². The number of aryl methyl sites for hydroxylation is 1. The first-order chi connectivity index (χ1) is 10.8. The van der Waals surface area contributed by atoms with Crippen molar-refractivity contribution in [2.24, 2.45) is 5.92 Å².